The van der Waals surface area contributed by atoms with E-state index >= 15 is 0 Å². The molecule has 5 nitrogen and oxygen atoms in total. The third kappa shape index (κ3) is 3.44. The second-order valence-corrected chi connectivity index (χ2v) is 7.05. The van der Waals surface area contributed by atoms with Crippen molar-refractivity contribution < 1.29 is 14.7 Å². The number of carboxylic acids is 1. The van der Waals surface area contributed by atoms with Crippen LogP contribution in [0.15, 0.2) is 53.7 Å². The molecule has 25 heavy (non-hydrogen) atoms. The number of para-hydroxylation sites is 2. The van der Waals surface area contributed by atoms with Crippen LogP contribution in [-0.2, 0) is 0 Å². The number of aromatic carboxylic acids is 1. The highest BCUT2D eigenvalue weighted by Gasteiger charge is 2.21. The molecule has 0 unspecified atom stereocenters. The van der Waals surface area contributed by atoms with Gasteiger partial charge in [0.15, 0.2) is 5.16 Å². The number of nitrogens with zero attached hydrogens (tertiary/aromatic N) is 2. The topological polar surface area (TPSA) is 75.0 Å². The van der Waals surface area contributed by atoms with Crippen molar-refractivity contribution in [1.82, 2.24) is 9.55 Å². The number of imidazole rings is 1. The third-order valence-electron chi connectivity index (χ3n) is 3.66. The molecule has 0 N–H and O–H groups in total. The molecule has 0 aliphatic heterocycles. The quantitative estimate of drug-likeness (QED) is 0.659. The van der Waals surface area contributed by atoms with Crippen molar-refractivity contribution in [3.8, 4) is 0 Å². The van der Waals surface area contributed by atoms with Gasteiger partial charge in [-0.15, -0.1) is 0 Å². The number of rotatable bonds is 5. The van der Waals surface area contributed by atoms with Gasteiger partial charge >= 0.3 is 0 Å². The lowest BCUT2D eigenvalue weighted by Gasteiger charge is -2.12. The lowest BCUT2D eigenvalue weighted by Crippen LogP contribution is -2.26. The van der Waals surface area contributed by atoms with Gasteiger partial charge < -0.3 is 9.90 Å². The molecule has 0 amide bonds. The molecule has 128 valence electrons. The average Bonchev–Trinajstić information content (AvgIpc) is 2.97. The van der Waals surface area contributed by atoms with Crippen LogP contribution in [0.4, 0.5) is 0 Å². The van der Waals surface area contributed by atoms with E-state index in [1.165, 1.54) is 28.5 Å². The zero-order valence-corrected chi connectivity index (χ0v) is 14.7. The van der Waals surface area contributed by atoms with Crippen molar-refractivity contribution in [3.63, 3.8) is 0 Å². The predicted octanol–water partition coefficient (Wildman–Crippen LogP) is 2.84. The second-order valence-electron chi connectivity index (χ2n) is 6.06. The Labute approximate surface area is 149 Å². The van der Waals surface area contributed by atoms with Crippen LogP contribution in [0, 0.1) is 5.92 Å². The number of thioether (sulfide) groups is 1. The largest absolute Gasteiger partial charge is 0.545 e. The smallest absolute Gasteiger partial charge is 0.265 e. The average molecular weight is 353 g/mol. The van der Waals surface area contributed by atoms with Crippen LogP contribution in [0.3, 0.4) is 0 Å². The highest BCUT2D eigenvalue weighted by atomic mass is 32.2. The first-order chi connectivity index (χ1) is 12.0. The number of aromatic nitrogens is 2. The number of fused-ring (bicyclic) bond motifs is 1. The Morgan fingerprint density at radius 1 is 1.08 bits per heavy atom. The van der Waals surface area contributed by atoms with E-state index in [4.69, 9.17) is 0 Å². The second kappa shape index (κ2) is 7.11. The summed E-state index contributed by atoms with van der Waals surface area (Å²) in [5, 5.41) is 11.9. The monoisotopic (exact) mass is 353 g/mol. The first-order valence-electron chi connectivity index (χ1n) is 7.94. The van der Waals surface area contributed by atoms with Crippen LogP contribution >= 0.6 is 11.8 Å². The Morgan fingerprint density at radius 3 is 2.40 bits per heavy atom. The first-order valence-corrected chi connectivity index (χ1v) is 8.93. The van der Waals surface area contributed by atoms with E-state index in [0.717, 1.165) is 5.75 Å². The van der Waals surface area contributed by atoms with Crippen LogP contribution < -0.4 is 5.11 Å². The normalized spacial score (nSPS) is 11.2. The molecule has 0 bridgehead atoms. The maximum Gasteiger partial charge on any atom is 0.265 e. The molecule has 0 radical (unpaired) electrons. The van der Waals surface area contributed by atoms with E-state index in [2.05, 4.69) is 18.8 Å². The van der Waals surface area contributed by atoms with Gasteiger partial charge in [-0.3, -0.25) is 9.36 Å². The van der Waals surface area contributed by atoms with Crippen molar-refractivity contribution in [2.24, 2.45) is 5.92 Å². The lowest BCUT2D eigenvalue weighted by atomic mass is 10.1. The molecule has 3 rings (SSSR count). The lowest BCUT2D eigenvalue weighted by molar-refractivity contribution is -0.255. The fourth-order valence-corrected chi connectivity index (χ4v) is 3.46. The Kier molecular flexibility index (Phi) is 4.90. The number of carbonyl (C=O) groups excluding carboxylic acids is 2. The number of hydrogen-bond acceptors (Lipinski definition) is 5. The number of benzene rings is 2. The van der Waals surface area contributed by atoms with Gasteiger partial charge in [-0.2, -0.15) is 0 Å². The van der Waals surface area contributed by atoms with Crippen molar-refractivity contribution in [2.45, 2.75) is 19.0 Å². The number of carboxylic acid groups (broad SMARTS) is 1. The summed E-state index contributed by atoms with van der Waals surface area (Å²) in [7, 11) is 0. The molecule has 0 aliphatic carbocycles. The maximum atomic E-state index is 13.1. The molecule has 0 aliphatic rings. The minimum atomic E-state index is -1.37. The standard InChI is InChI=1S/C19H18N2O3S/c1-12(2)11-25-19-20-15-9-5-6-10-16(15)21(19)17(22)13-7-3-4-8-14(13)18(23)24/h3-10,12H,11H2,1-2H3,(H,23,24)/p-1. The molecule has 0 saturated heterocycles. The zero-order valence-electron chi connectivity index (χ0n) is 13.9. The summed E-state index contributed by atoms with van der Waals surface area (Å²) in [6.45, 7) is 4.18. The minimum Gasteiger partial charge on any atom is -0.545 e. The van der Waals surface area contributed by atoms with Gasteiger partial charge in [-0.1, -0.05) is 55.9 Å². The van der Waals surface area contributed by atoms with Crippen LogP contribution in [-0.4, -0.2) is 27.2 Å². The van der Waals surface area contributed by atoms with Crippen LogP contribution in [0.1, 0.15) is 34.6 Å². The summed E-state index contributed by atoms with van der Waals surface area (Å²) in [6, 6.07) is 13.4. The summed E-state index contributed by atoms with van der Waals surface area (Å²) in [4.78, 5) is 29.0. The molecule has 0 spiro atoms. The maximum absolute atomic E-state index is 13.1. The van der Waals surface area contributed by atoms with Crippen LogP contribution in [0.5, 0.6) is 0 Å². The SMILES string of the molecule is CC(C)CSc1nc2ccccc2n1C(=O)c1ccccc1C(=O)[O-]. The predicted molar refractivity (Wildman–Crippen MR) is 95.8 cm³/mol. The van der Waals surface area contributed by atoms with Crippen LogP contribution in [0.25, 0.3) is 11.0 Å². The van der Waals surface area contributed by atoms with Crippen molar-refractivity contribution >= 4 is 34.7 Å². The highest BCUT2D eigenvalue weighted by Crippen LogP contribution is 2.27. The zero-order chi connectivity index (χ0) is 18.0. The summed E-state index contributed by atoms with van der Waals surface area (Å²) >= 11 is 1.49. The Hall–Kier alpha value is -2.60. The van der Waals surface area contributed by atoms with E-state index in [1.54, 1.807) is 18.2 Å². The van der Waals surface area contributed by atoms with Gasteiger partial charge in [0.2, 0.25) is 0 Å². The van der Waals surface area contributed by atoms with Crippen LogP contribution in [0.2, 0.25) is 0 Å². The molecule has 3 aromatic rings. The Bertz CT molecular complexity index is 947. The molecular weight excluding hydrogens is 336 g/mol. The number of hydrogen-bond donors (Lipinski definition) is 0. The molecule has 1 heterocycles. The van der Waals surface area contributed by atoms with Gasteiger partial charge in [-0.05, 0) is 24.1 Å². The molecular formula is C19H17N2O3S-. The summed E-state index contributed by atoms with van der Waals surface area (Å²) in [5.74, 6) is -0.549. The van der Waals surface area contributed by atoms with E-state index in [9.17, 15) is 14.7 Å². The molecule has 6 heteroatoms. The Morgan fingerprint density at radius 2 is 1.72 bits per heavy atom. The van der Waals surface area contributed by atoms with E-state index in [0.29, 0.717) is 22.1 Å². The molecule has 1 aromatic heterocycles. The molecule has 0 saturated carbocycles. The third-order valence-corrected chi connectivity index (χ3v) is 5.02. The van der Waals surface area contributed by atoms with Gasteiger partial charge in [-0.25, -0.2) is 4.98 Å². The highest BCUT2D eigenvalue weighted by molar-refractivity contribution is 7.99. The first kappa shape index (κ1) is 17.2. The van der Waals surface area contributed by atoms with Crippen molar-refractivity contribution in [1.29, 1.82) is 0 Å². The van der Waals surface area contributed by atoms with Crippen molar-refractivity contribution in [2.75, 3.05) is 5.75 Å². The van der Waals surface area contributed by atoms with Gasteiger partial charge in [0, 0.05) is 16.9 Å². The molecule has 0 fully saturated rings. The summed E-state index contributed by atoms with van der Waals surface area (Å²) < 4.78 is 1.49. The fraction of sp³-hybridized carbons (Fsp3) is 0.211. The Balaban J connectivity index is 2.15. The summed E-state index contributed by atoms with van der Waals surface area (Å²) in [6.07, 6.45) is 0. The fourth-order valence-electron chi connectivity index (χ4n) is 2.51. The van der Waals surface area contributed by atoms with E-state index < -0.39 is 11.9 Å². The van der Waals surface area contributed by atoms with Gasteiger partial charge in [0.25, 0.3) is 5.91 Å². The summed E-state index contributed by atoms with van der Waals surface area (Å²) in [5.41, 5.74) is 1.34. The van der Waals surface area contributed by atoms with Gasteiger partial charge in [0.1, 0.15) is 0 Å². The van der Waals surface area contributed by atoms with Crippen molar-refractivity contribution in [3.05, 3.63) is 59.7 Å². The number of carbonyl (C=O) groups is 2. The van der Waals surface area contributed by atoms with E-state index in [-0.39, 0.29) is 11.1 Å². The minimum absolute atomic E-state index is 0.0945. The van der Waals surface area contributed by atoms with Gasteiger partial charge in [0.05, 0.1) is 17.0 Å². The molecule has 2 aromatic carbocycles. The van der Waals surface area contributed by atoms with E-state index in [1.807, 2.05) is 18.2 Å². The molecule has 0 atom stereocenters.